The topological polar surface area (TPSA) is 32.3 Å². The lowest BCUT2D eigenvalue weighted by molar-refractivity contribution is -0.119. The maximum absolute atomic E-state index is 12.0. The molecule has 1 amide bonds. The van der Waals surface area contributed by atoms with Crippen LogP contribution in [0.15, 0.2) is 30.3 Å². The summed E-state index contributed by atoms with van der Waals surface area (Å²) in [6, 6.07) is 9.69. The number of para-hydroxylation sites is 1. The summed E-state index contributed by atoms with van der Waals surface area (Å²) in [5.74, 6) is 1.89. The van der Waals surface area contributed by atoms with Crippen LogP contribution in [0.4, 0.5) is 5.69 Å². The molecule has 1 saturated heterocycles. The maximum atomic E-state index is 12.0. The molecule has 0 spiro atoms. The van der Waals surface area contributed by atoms with E-state index in [9.17, 15) is 4.79 Å². The van der Waals surface area contributed by atoms with Crippen molar-refractivity contribution in [1.29, 1.82) is 0 Å². The summed E-state index contributed by atoms with van der Waals surface area (Å²) in [7, 11) is 1.82. The first-order chi connectivity index (χ1) is 7.29. The minimum atomic E-state index is -0.0276. The normalized spacial score (nSPS) is 20.2. The number of anilines is 1. The van der Waals surface area contributed by atoms with Crippen molar-refractivity contribution in [2.75, 3.05) is 23.6 Å². The van der Waals surface area contributed by atoms with Crippen molar-refractivity contribution in [3.8, 4) is 0 Å². The van der Waals surface area contributed by atoms with E-state index in [4.69, 9.17) is 0 Å². The van der Waals surface area contributed by atoms with Crippen LogP contribution in [0.3, 0.4) is 0 Å². The highest BCUT2D eigenvalue weighted by Crippen LogP contribution is 2.16. The fraction of sp³-hybridized carbons (Fsp3) is 0.364. The third-order valence-electron chi connectivity index (χ3n) is 2.49. The molecule has 15 heavy (non-hydrogen) atoms. The number of carbonyl (C=O) groups is 1. The van der Waals surface area contributed by atoms with E-state index >= 15 is 0 Å². The lowest BCUT2D eigenvalue weighted by Crippen LogP contribution is -2.43. The first-order valence-corrected chi connectivity index (χ1v) is 6.08. The van der Waals surface area contributed by atoms with Crippen LogP contribution >= 0.6 is 11.8 Å². The molecule has 0 aliphatic carbocycles. The first kappa shape index (κ1) is 10.5. The number of rotatable bonds is 2. The van der Waals surface area contributed by atoms with E-state index in [1.54, 1.807) is 16.7 Å². The van der Waals surface area contributed by atoms with E-state index in [0.717, 1.165) is 17.3 Å². The summed E-state index contributed by atoms with van der Waals surface area (Å²) in [5.41, 5.74) is 0.946. The van der Waals surface area contributed by atoms with Crippen LogP contribution in [-0.4, -0.2) is 30.6 Å². The van der Waals surface area contributed by atoms with Gasteiger partial charge in [0.25, 0.3) is 0 Å². The molecular weight excluding hydrogens is 208 g/mol. The third-order valence-corrected chi connectivity index (χ3v) is 3.43. The molecule has 1 aromatic rings. The second-order valence-electron chi connectivity index (χ2n) is 3.50. The zero-order chi connectivity index (χ0) is 10.7. The van der Waals surface area contributed by atoms with E-state index in [1.807, 2.05) is 37.4 Å². The minimum absolute atomic E-state index is 0.0276. The average molecular weight is 222 g/mol. The quantitative estimate of drug-likeness (QED) is 0.819. The molecule has 0 bridgehead atoms. The molecule has 1 fully saturated rings. The van der Waals surface area contributed by atoms with Gasteiger partial charge in [0.05, 0.1) is 6.04 Å². The number of thioether (sulfide) groups is 1. The molecule has 1 aliphatic rings. The van der Waals surface area contributed by atoms with Gasteiger partial charge in [0.2, 0.25) is 5.91 Å². The van der Waals surface area contributed by atoms with Crippen molar-refractivity contribution in [3.05, 3.63) is 30.3 Å². The Labute approximate surface area is 93.8 Å². The second kappa shape index (κ2) is 4.68. The van der Waals surface area contributed by atoms with Gasteiger partial charge in [0, 0.05) is 24.4 Å². The van der Waals surface area contributed by atoms with Gasteiger partial charge in [-0.05, 0) is 12.1 Å². The van der Waals surface area contributed by atoms with Crippen LogP contribution in [0.2, 0.25) is 0 Å². The number of hydrogen-bond donors (Lipinski definition) is 1. The van der Waals surface area contributed by atoms with Gasteiger partial charge < -0.3 is 4.90 Å². The predicted molar refractivity (Wildman–Crippen MR) is 64.1 cm³/mol. The molecule has 2 rings (SSSR count). The van der Waals surface area contributed by atoms with Crippen LogP contribution in [-0.2, 0) is 4.79 Å². The molecule has 1 atom stereocenters. The van der Waals surface area contributed by atoms with Gasteiger partial charge in [-0.1, -0.05) is 18.2 Å². The van der Waals surface area contributed by atoms with Crippen LogP contribution in [0.5, 0.6) is 0 Å². The molecule has 0 saturated carbocycles. The lowest BCUT2D eigenvalue weighted by Gasteiger charge is -2.20. The maximum Gasteiger partial charge on any atom is 0.244 e. The SMILES string of the molecule is CN(C(=O)C1CSCN1)c1ccccc1. The zero-order valence-electron chi connectivity index (χ0n) is 8.64. The molecule has 1 aromatic carbocycles. The molecule has 1 N–H and O–H groups in total. The highest BCUT2D eigenvalue weighted by molar-refractivity contribution is 7.99. The van der Waals surface area contributed by atoms with E-state index < -0.39 is 0 Å². The van der Waals surface area contributed by atoms with Crippen molar-refractivity contribution in [2.45, 2.75) is 6.04 Å². The van der Waals surface area contributed by atoms with Crippen LogP contribution in [0.25, 0.3) is 0 Å². The highest BCUT2D eigenvalue weighted by Gasteiger charge is 2.25. The van der Waals surface area contributed by atoms with Crippen molar-refractivity contribution >= 4 is 23.4 Å². The van der Waals surface area contributed by atoms with Gasteiger partial charge in [0.15, 0.2) is 0 Å². The number of carbonyl (C=O) groups excluding carboxylic acids is 1. The summed E-state index contributed by atoms with van der Waals surface area (Å²) >= 11 is 1.76. The van der Waals surface area contributed by atoms with Gasteiger partial charge >= 0.3 is 0 Å². The fourth-order valence-electron chi connectivity index (χ4n) is 1.57. The van der Waals surface area contributed by atoms with Gasteiger partial charge in [-0.25, -0.2) is 0 Å². The monoisotopic (exact) mass is 222 g/mol. The number of nitrogens with zero attached hydrogens (tertiary/aromatic N) is 1. The molecule has 1 heterocycles. The molecular formula is C11H14N2OS. The first-order valence-electron chi connectivity index (χ1n) is 4.93. The Balaban J connectivity index is 2.07. The standard InChI is InChI=1S/C11H14N2OS/c1-13(9-5-3-2-4-6-9)11(14)10-7-15-8-12-10/h2-6,10,12H,7-8H2,1H3. The summed E-state index contributed by atoms with van der Waals surface area (Å²) in [4.78, 5) is 13.7. The molecule has 0 radical (unpaired) electrons. The Morgan fingerprint density at radius 3 is 2.80 bits per heavy atom. The third kappa shape index (κ3) is 2.33. The Morgan fingerprint density at radius 1 is 1.47 bits per heavy atom. The molecule has 3 nitrogen and oxygen atoms in total. The number of hydrogen-bond acceptors (Lipinski definition) is 3. The van der Waals surface area contributed by atoms with E-state index in [0.29, 0.717) is 0 Å². The predicted octanol–water partition coefficient (Wildman–Crippen LogP) is 1.31. The minimum Gasteiger partial charge on any atom is -0.314 e. The summed E-state index contributed by atoms with van der Waals surface area (Å²) in [5, 5.41) is 3.18. The Morgan fingerprint density at radius 2 is 2.20 bits per heavy atom. The average Bonchev–Trinajstić information content (AvgIpc) is 2.82. The van der Waals surface area contributed by atoms with Crippen LogP contribution in [0.1, 0.15) is 0 Å². The van der Waals surface area contributed by atoms with E-state index in [1.165, 1.54) is 0 Å². The summed E-state index contributed by atoms with van der Waals surface area (Å²) in [6.07, 6.45) is 0. The number of benzene rings is 1. The highest BCUT2D eigenvalue weighted by atomic mass is 32.2. The largest absolute Gasteiger partial charge is 0.314 e. The lowest BCUT2D eigenvalue weighted by atomic mass is 10.2. The summed E-state index contributed by atoms with van der Waals surface area (Å²) in [6.45, 7) is 0. The summed E-state index contributed by atoms with van der Waals surface area (Å²) < 4.78 is 0. The smallest absolute Gasteiger partial charge is 0.244 e. The molecule has 80 valence electrons. The molecule has 0 aromatic heterocycles. The van der Waals surface area contributed by atoms with Gasteiger partial charge in [-0.15, -0.1) is 11.8 Å². The zero-order valence-corrected chi connectivity index (χ0v) is 9.46. The Hall–Kier alpha value is -1.00. The second-order valence-corrected chi connectivity index (χ2v) is 4.53. The van der Waals surface area contributed by atoms with Gasteiger partial charge in [-0.2, -0.15) is 0 Å². The Bertz CT molecular complexity index is 336. The van der Waals surface area contributed by atoms with Crippen molar-refractivity contribution < 1.29 is 4.79 Å². The van der Waals surface area contributed by atoms with Gasteiger partial charge in [0.1, 0.15) is 0 Å². The van der Waals surface area contributed by atoms with Crippen LogP contribution < -0.4 is 10.2 Å². The fourth-order valence-corrected chi connectivity index (χ4v) is 2.50. The van der Waals surface area contributed by atoms with Crippen molar-refractivity contribution in [3.63, 3.8) is 0 Å². The number of nitrogens with one attached hydrogen (secondary N) is 1. The molecule has 1 unspecified atom stereocenters. The van der Waals surface area contributed by atoms with Crippen molar-refractivity contribution in [1.82, 2.24) is 5.32 Å². The number of amides is 1. The number of likely N-dealkylation sites (N-methyl/N-ethyl adjacent to an activating group) is 1. The van der Waals surface area contributed by atoms with E-state index in [2.05, 4.69) is 5.32 Å². The van der Waals surface area contributed by atoms with Crippen molar-refractivity contribution in [2.24, 2.45) is 0 Å². The Kier molecular flexibility index (Phi) is 3.28. The van der Waals surface area contributed by atoms with Crippen LogP contribution in [0, 0.1) is 0 Å². The molecule has 1 aliphatic heterocycles. The van der Waals surface area contributed by atoms with Gasteiger partial charge in [-0.3, -0.25) is 10.1 Å². The van der Waals surface area contributed by atoms with E-state index in [-0.39, 0.29) is 11.9 Å². The molecule has 4 heteroatoms.